The molecule has 1 aromatic heterocycles. The summed E-state index contributed by atoms with van der Waals surface area (Å²) in [5.41, 5.74) is 1.15. The van der Waals surface area contributed by atoms with Gasteiger partial charge in [-0.05, 0) is 70.8 Å². The molecule has 2 rings (SSSR count). The van der Waals surface area contributed by atoms with Gasteiger partial charge in [0.15, 0.2) is 5.96 Å². The highest BCUT2D eigenvalue weighted by Crippen LogP contribution is 2.17. The molecule has 0 aromatic carbocycles. The molecule has 0 spiro atoms. The Bertz CT molecular complexity index is 595. The molecule has 0 amide bonds. The molecule has 0 aliphatic carbocycles. The van der Waals surface area contributed by atoms with Gasteiger partial charge in [-0.3, -0.25) is 0 Å². The van der Waals surface area contributed by atoms with Crippen LogP contribution in [-0.4, -0.2) is 61.2 Å². The first-order chi connectivity index (χ1) is 14.7. The third-order valence-corrected chi connectivity index (χ3v) is 5.89. The summed E-state index contributed by atoms with van der Waals surface area (Å²) in [5, 5.41) is 6.93. The van der Waals surface area contributed by atoms with Gasteiger partial charge in [-0.2, -0.15) is 0 Å². The minimum absolute atomic E-state index is 0. The van der Waals surface area contributed by atoms with Crippen molar-refractivity contribution in [2.24, 2.45) is 4.99 Å². The standard InChI is InChI=1S/C24H44N6.HI/c1-5-25-24(28-21(4)13-12-16-29(6-2)7-3)27-20-22-14-15-23(26-19-22)30-17-10-8-9-11-18-30;/h14-15,19,21H,5-13,16-18,20H2,1-4H3,(H2,25,27,28);1H. The van der Waals surface area contributed by atoms with Crippen molar-refractivity contribution in [1.82, 2.24) is 20.5 Å². The van der Waals surface area contributed by atoms with Crippen LogP contribution in [0.3, 0.4) is 0 Å². The zero-order valence-corrected chi connectivity index (χ0v) is 22.5. The number of hydrogen-bond donors (Lipinski definition) is 2. The number of halogens is 1. The Labute approximate surface area is 207 Å². The van der Waals surface area contributed by atoms with E-state index in [4.69, 9.17) is 9.98 Å². The Kier molecular flexibility index (Phi) is 14.9. The fourth-order valence-electron chi connectivity index (χ4n) is 3.95. The fraction of sp³-hybridized carbons (Fsp3) is 0.750. The maximum atomic E-state index is 4.79. The molecule has 1 fully saturated rings. The minimum Gasteiger partial charge on any atom is -0.357 e. The van der Waals surface area contributed by atoms with E-state index in [1.807, 2.05) is 6.20 Å². The maximum absolute atomic E-state index is 4.79. The van der Waals surface area contributed by atoms with Crippen molar-refractivity contribution in [3.05, 3.63) is 23.9 Å². The van der Waals surface area contributed by atoms with Gasteiger partial charge in [-0.15, -0.1) is 24.0 Å². The molecule has 0 radical (unpaired) electrons. The molecule has 1 saturated heterocycles. The maximum Gasteiger partial charge on any atom is 0.191 e. The van der Waals surface area contributed by atoms with Crippen LogP contribution in [-0.2, 0) is 6.54 Å². The highest BCUT2D eigenvalue weighted by atomic mass is 127. The summed E-state index contributed by atoms with van der Waals surface area (Å²) in [6, 6.07) is 4.74. The van der Waals surface area contributed by atoms with Crippen molar-refractivity contribution in [3.63, 3.8) is 0 Å². The molecule has 0 saturated carbocycles. The summed E-state index contributed by atoms with van der Waals surface area (Å²) in [5.74, 6) is 2.00. The van der Waals surface area contributed by atoms with Crippen LogP contribution in [0.4, 0.5) is 5.82 Å². The molecule has 1 aliphatic rings. The van der Waals surface area contributed by atoms with Crippen molar-refractivity contribution in [2.75, 3.05) is 44.2 Å². The van der Waals surface area contributed by atoms with E-state index in [-0.39, 0.29) is 24.0 Å². The van der Waals surface area contributed by atoms with Gasteiger partial charge in [0.2, 0.25) is 0 Å². The number of rotatable bonds is 11. The molecule has 1 aliphatic heterocycles. The second-order valence-electron chi connectivity index (χ2n) is 8.34. The Morgan fingerprint density at radius 3 is 2.42 bits per heavy atom. The Morgan fingerprint density at radius 1 is 1.13 bits per heavy atom. The number of guanidine groups is 1. The quantitative estimate of drug-likeness (QED) is 0.242. The molecule has 7 heteroatoms. The van der Waals surface area contributed by atoms with E-state index in [9.17, 15) is 0 Å². The highest BCUT2D eigenvalue weighted by Gasteiger charge is 2.11. The van der Waals surface area contributed by atoms with Gasteiger partial charge < -0.3 is 20.4 Å². The summed E-state index contributed by atoms with van der Waals surface area (Å²) in [6.45, 7) is 16.0. The lowest BCUT2D eigenvalue weighted by Crippen LogP contribution is -2.42. The normalized spacial score (nSPS) is 15.9. The number of nitrogens with zero attached hydrogens (tertiary/aromatic N) is 4. The lowest BCUT2D eigenvalue weighted by Gasteiger charge is -2.21. The molecule has 178 valence electrons. The van der Waals surface area contributed by atoms with Crippen LogP contribution in [0.2, 0.25) is 0 Å². The second-order valence-corrected chi connectivity index (χ2v) is 8.34. The van der Waals surface area contributed by atoms with E-state index >= 15 is 0 Å². The van der Waals surface area contributed by atoms with Crippen molar-refractivity contribution in [2.45, 2.75) is 78.8 Å². The number of anilines is 1. The van der Waals surface area contributed by atoms with Crippen molar-refractivity contribution >= 4 is 35.8 Å². The lowest BCUT2D eigenvalue weighted by atomic mass is 10.2. The topological polar surface area (TPSA) is 55.8 Å². The summed E-state index contributed by atoms with van der Waals surface area (Å²) in [6.07, 6.45) is 9.58. The Balaban J connectivity index is 0.00000480. The molecule has 2 N–H and O–H groups in total. The molecule has 1 aromatic rings. The Hall–Kier alpha value is -1.09. The van der Waals surface area contributed by atoms with Crippen molar-refractivity contribution in [3.8, 4) is 0 Å². The smallest absolute Gasteiger partial charge is 0.191 e. The van der Waals surface area contributed by atoms with Gasteiger partial charge in [0.05, 0.1) is 6.54 Å². The van der Waals surface area contributed by atoms with E-state index < -0.39 is 0 Å². The SMILES string of the molecule is CCNC(=NCc1ccc(N2CCCCCC2)nc1)NC(C)CCCN(CC)CC.I. The van der Waals surface area contributed by atoms with Gasteiger partial charge in [0, 0.05) is 31.9 Å². The van der Waals surface area contributed by atoms with Gasteiger partial charge in [-0.25, -0.2) is 9.98 Å². The number of aromatic nitrogens is 1. The molecular formula is C24H45IN6. The van der Waals surface area contributed by atoms with Crippen LogP contribution in [0, 0.1) is 0 Å². The predicted octanol–water partition coefficient (Wildman–Crippen LogP) is 4.65. The van der Waals surface area contributed by atoms with Crippen LogP contribution in [0.5, 0.6) is 0 Å². The van der Waals surface area contributed by atoms with Gasteiger partial charge >= 0.3 is 0 Å². The second kappa shape index (κ2) is 16.5. The van der Waals surface area contributed by atoms with Gasteiger partial charge in [-0.1, -0.05) is 32.8 Å². The minimum atomic E-state index is 0. The van der Waals surface area contributed by atoms with E-state index in [0.717, 1.165) is 56.5 Å². The van der Waals surface area contributed by atoms with Gasteiger partial charge in [0.1, 0.15) is 5.82 Å². The van der Waals surface area contributed by atoms with Crippen LogP contribution in [0.15, 0.2) is 23.3 Å². The van der Waals surface area contributed by atoms with E-state index in [1.54, 1.807) is 0 Å². The molecule has 1 atom stereocenters. The van der Waals surface area contributed by atoms with E-state index in [2.05, 4.69) is 60.3 Å². The third-order valence-electron chi connectivity index (χ3n) is 5.89. The number of hydrogen-bond acceptors (Lipinski definition) is 4. The van der Waals surface area contributed by atoms with E-state index in [1.165, 1.54) is 38.6 Å². The van der Waals surface area contributed by atoms with Crippen LogP contribution >= 0.6 is 24.0 Å². The fourth-order valence-corrected chi connectivity index (χ4v) is 3.95. The first-order valence-electron chi connectivity index (χ1n) is 12.1. The first-order valence-corrected chi connectivity index (χ1v) is 12.1. The average Bonchev–Trinajstić information content (AvgIpc) is 3.05. The largest absolute Gasteiger partial charge is 0.357 e. The molecule has 0 bridgehead atoms. The highest BCUT2D eigenvalue weighted by molar-refractivity contribution is 14.0. The first kappa shape index (κ1) is 27.9. The number of nitrogens with one attached hydrogen (secondary N) is 2. The molecule has 2 heterocycles. The van der Waals surface area contributed by atoms with Crippen molar-refractivity contribution in [1.29, 1.82) is 0 Å². The molecular weight excluding hydrogens is 499 g/mol. The van der Waals surface area contributed by atoms with Crippen LogP contribution < -0.4 is 15.5 Å². The summed E-state index contributed by atoms with van der Waals surface area (Å²) in [7, 11) is 0. The molecule has 1 unspecified atom stereocenters. The summed E-state index contributed by atoms with van der Waals surface area (Å²) in [4.78, 5) is 14.4. The third kappa shape index (κ3) is 10.9. The zero-order chi connectivity index (χ0) is 21.6. The van der Waals surface area contributed by atoms with Gasteiger partial charge in [0.25, 0.3) is 0 Å². The molecule has 6 nitrogen and oxygen atoms in total. The van der Waals surface area contributed by atoms with Crippen molar-refractivity contribution < 1.29 is 0 Å². The Morgan fingerprint density at radius 2 is 1.84 bits per heavy atom. The number of pyridine rings is 1. The summed E-state index contributed by atoms with van der Waals surface area (Å²) >= 11 is 0. The average molecular weight is 545 g/mol. The summed E-state index contributed by atoms with van der Waals surface area (Å²) < 4.78 is 0. The van der Waals surface area contributed by atoms with E-state index in [0.29, 0.717) is 12.6 Å². The van der Waals surface area contributed by atoms with Crippen LogP contribution in [0.1, 0.15) is 71.8 Å². The zero-order valence-electron chi connectivity index (χ0n) is 20.2. The molecule has 31 heavy (non-hydrogen) atoms. The van der Waals surface area contributed by atoms with Crippen LogP contribution in [0.25, 0.3) is 0 Å². The number of aliphatic imine (C=N–C) groups is 1. The lowest BCUT2D eigenvalue weighted by molar-refractivity contribution is 0.292. The monoisotopic (exact) mass is 544 g/mol. The predicted molar refractivity (Wildman–Crippen MR) is 145 cm³/mol.